The summed E-state index contributed by atoms with van der Waals surface area (Å²) in [6.07, 6.45) is 1.06. The third kappa shape index (κ3) is 2.96. The number of hydrogen-bond acceptors (Lipinski definition) is 2. The molecule has 2 heterocycles. The maximum Gasteiger partial charge on any atom is 0.0164 e. The second-order valence-electron chi connectivity index (χ2n) is 4.86. The minimum Gasteiger partial charge on any atom is -0.148 e. The van der Waals surface area contributed by atoms with Crippen molar-refractivity contribution in [2.75, 3.05) is 0 Å². The van der Waals surface area contributed by atoms with Crippen LogP contribution in [0.2, 0.25) is 0 Å². The Labute approximate surface area is 122 Å². The maximum atomic E-state index is 2.32. The summed E-state index contributed by atoms with van der Waals surface area (Å²) >= 11 is 3.76. The van der Waals surface area contributed by atoms with Gasteiger partial charge in [-0.25, -0.2) is 0 Å². The highest BCUT2D eigenvalue weighted by atomic mass is 32.1. The molecule has 0 fully saturated rings. The standard InChI is InChI=1S/C17H16S2/c1-12-3-6-14(7-4-12)15-9-17(18-11-15)10-16-8-5-13(2)19-16/h3-9,11H,10H2,1-2H3. The first kappa shape index (κ1) is 12.6. The van der Waals surface area contributed by atoms with E-state index in [2.05, 4.69) is 61.7 Å². The molecule has 2 aromatic heterocycles. The number of hydrogen-bond donors (Lipinski definition) is 0. The van der Waals surface area contributed by atoms with Crippen LogP contribution in [0.5, 0.6) is 0 Å². The topological polar surface area (TPSA) is 0 Å². The average Bonchev–Trinajstić information content (AvgIpc) is 3.00. The lowest BCUT2D eigenvalue weighted by molar-refractivity contribution is 1.31. The highest BCUT2D eigenvalue weighted by molar-refractivity contribution is 7.12. The van der Waals surface area contributed by atoms with Gasteiger partial charge in [-0.3, -0.25) is 0 Å². The van der Waals surface area contributed by atoms with Crippen molar-refractivity contribution in [1.82, 2.24) is 0 Å². The van der Waals surface area contributed by atoms with Gasteiger partial charge in [0.15, 0.2) is 0 Å². The fourth-order valence-corrected chi connectivity index (χ4v) is 4.04. The maximum absolute atomic E-state index is 2.32. The van der Waals surface area contributed by atoms with Crippen LogP contribution in [0.4, 0.5) is 0 Å². The van der Waals surface area contributed by atoms with Crippen LogP contribution in [-0.2, 0) is 6.42 Å². The fourth-order valence-electron chi connectivity index (χ4n) is 2.12. The molecule has 19 heavy (non-hydrogen) atoms. The molecule has 3 rings (SSSR count). The van der Waals surface area contributed by atoms with Crippen LogP contribution in [0.3, 0.4) is 0 Å². The van der Waals surface area contributed by atoms with Gasteiger partial charge in [-0.15, -0.1) is 22.7 Å². The number of aryl methyl sites for hydroxylation is 2. The predicted octanol–water partition coefficient (Wildman–Crippen LogP) is 5.68. The van der Waals surface area contributed by atoms with Crippen molar-refractivity contribution < 1.29 is 0 Å². The fraction of sp³-hybridized carbons (Fsp3) is 0.176. The molecule has 0 unspecified atom stereocenters. The van der Waals surface area contributed by atoms with Crippen molar-refractivity contribution >= 4 is 22.7 Å². The van der Waals surface area contributed by atoms with E-state index >= 15 is 0 Å². The zero-order valence-corrected chi connectivity index (χ0v) is 12.8. The van der Waals surface area contributed by atoms with Crippen molar-refractivity contribution in [2.24, 2.45) is 0 Å². The van der Waals surface area contributed by atoms with Gasteiger partial charge in [0.1, 0.15) is 0 Å². The molecule has 0 aliphatic carbocycles. The first-order valence-electron chi connectivity index (χ1n) is 6.40. The molecule has 0 saturated heterocycles. The normalized spacial score (nSPS) is 10.8. The molecule has 0 nitrogen and oxygen atoms in total. The lowest BCUT2D eigenvalue weighted by Gasteiger charge is -1.98. The molecule has 0 aliphatic rings. The van der Waals surface area contributed by atoms with Crippen LogP contribution in [-0.4, -0.2) is 0 Å². The smallest absolute Gasteiger partial charge is 0.0164 e. The number of thiophene rings is 2. The Bertz CT molecular complexity index is 671. The third-order valence-electron chi connectivity index (χ3n) is 3.18. The average molecular weight is 284 g/mol. The van der Waals surface area contributed by atoms with Gasteiger partial charge in [0.25, 0.3) is 0 Å². The van der Waals surface area contributed by atoms with Crippen LogP contribution in [0.25, 0.3) is 11.1 Å². The second kappa shape index (κ2) is 5.32. The largest absolute Gasteiger partial charge is 0.148 e. The molecular weight excluding hydrogens is 268 g/mol. The highest BCUT2D eigenvalue weighted by Gasteiger charge is 2.05. The summed E-state index contributed by atoms with van der Waals surface area (Å²) in [4.78, 5) is 4.29. The molecule has 0 spiro atoms. The minimum atomic E-state index is 1.06. The van der Waals surface area contributed by atoms with Crippen molar-refractivity contribution in [3.63, 3.8) is 0 Å². The van der Waals surface area contributed by atoms with E-state index in [0.717, 1.165) is 6.42 Å². The van der Waals surface area contributed by atoms with Gasteiger partial charge in [0.05, 0.1) is 0 Å². The molecule has 96 valence electrons. The lowest BCUT2D eigenvalue weighted by atomic mass is 10.1. The van der Waals surface area contributed by atoms with Crippen molar-refractivity contribution in [3.8, 4) is 11.1 Å². The molecule has 0 N–H and O–H groups in total. The molecule has 0 aliphatic heterocycles. The third-order valence-corrected chi connectivity index (χ3v) is 5.12. The Kier molecular flexibility index (Phi) is 3.54. The first-order chi connectivity index (χ1) is 9.20. The van der Waals surface area contributed by atoms with E-state index in [4.69, 9.17) is 0 Å². The quantitative estimate of drug-likeness (QED) is 0.580. The summed E-state index contributed by atoms with van der Waals surface area (Å²) in [6, 6.07) is 15.5. The summed E-state index contributed by atoms with van der Waals surface area (Å²) in [5, 5.41) is 2.26. The summed E-state index contributed by atoms with van der Waals surface area (Å²) in [7, 11) is 0. The Morgan fingerprint density at radius 2 is 1.63 bits per heavy atom. The lowest BCUT2D eigenvalue weighted by Crippen LogP contribution is -1.78. The minimum absolute atomic E-state index is 1.06. The monoisotopic (exact) mass is 284 g/mol. The van der Waals surface area contributed by atoms with Crippen LogP contribution >= 0.6 is 22.7 Å². The SMILES string of the molecule is Cc1ccc(-c2csc(Cc3ccc(C)s3)c2)cc1. The van der Waals surface area contributed by atoms with E-state index in [1.165, 1.54) is 31.3 Å². The Balaban J connectivity index is 1.81. The summed E-state index contributed by atoms with van der Waals surface area (Å²) < 4.78 is 0. The molecule has 0 bridgehead atoms. The highest BCUT2D eigenvalue weighted by Crippen LogP contribution is 2.28. The first-order valence-corrected chi connectivity index (χ1v) is 8.10. The molecule has 2 heteroatoms. The van der Waals surface area contributed by atoms with Crippen LogP contribution in [0, 0.1) is 13.8 Å². The van der Waals surface area contributed by atoms with E-state index in [0.29, 0.717) is 0 Å². The zero-order chi connectivity index (χ0) is 13.2. The van der Waals surface area contributed by atoms with Gasteiger partial charge in [-0.2, -0.15) is 0 Å². The number of rotatable bonds is 3. The van der Waals surface area contributed by atoms with Gasteiger partial charge in [0, 0.05) is 21.1 Å². The summed E-state index contributed by atoms with van der Waals surface area (Å²) in [6.45, 7) is 4.29. The molecule has 0 radical (unpaired) electrons. The van der Waals surface area contributed by atoms with E-state index < -0.39 is 0 Å². The van der Waals surface area contributed by atoms with Crippen molar-refractivity contribution in [3.05, 3.63) is 68.0 Å². The van der Waals surface area contributed by atoms with Gasteiger partial charge < -0.3 is 0 Å². The second-order valence-corrected chi connectivity index (χ2v) is 7.23. The van der Waals surface area contributed by atoms with Gasteiger partial charge in [0.2, 0.25) is 0 Å². The Morgan fingerprint density at radius 3 is 2.32 bits per heavy atom. The van der Waals surface area contributed by atoms with Crippen LogP contribution in [0.15, 0.2) is 47.8 Å². The van der Waals surface area contributed by atoms with Gasteiger partial charge in [-0.05, 0) is 48.6 Å². The van der Waals surface area contributed by atoms with Crippen LogP contribution < -0.4 is 0 Å². The van der Waals surface area contributed by atoms with Gasteiger partial charge >= 0.3 is 0 Å². The molecular formula is C17H16S2. The number of benzene rings is 1. The zero-order valence-electron chi connectivity index (χ0n) is 11.1. The summed E-state index contributed by atoms with van der Waals surface area (Å²) in [5.41, 5.74) is 3.97. The molecule has 3 aromatic rings. The molecule has 0 amide bonds. The van der Waals surface area contributed by atoms with E-state index in [-0.39, 0.29) is 0 Å². The van der Waals surface area contributed by atoms with Crippen molar-refractivity contribution in [1.29, 1.82) is 0 Å². The molecule has 1 aromatic carbocycles. The summed E-state index contributed by atoms with van der Waals surface area (Å²) in [5.74, 6) is 0. The van der Waals surface area contributed by atoms with E-state index in [9.17, 15) is 0 Å². The van der Waals surface area contributed by atoms with E-state index in [1.807, 2.05) is 22.7 Å². The van der Waals surface area contributed by atoms with Gasteiger partial charge in [-0.1, -0.05) is 29.8 Å². The Hall–Kier alpha value is -1.38. The van der Waals surface area contributed by atoms with Crippen molar-refractivity contribution in [2.45, 2.75) is 20.3 Å². The molecule has 0 saturated carbocycles. The van der Waals surface area contributed by atoms with E-state index in [1.54, 1.807) is 0 Å². The molecule has 0 atom stereocenters. The Morgan fingerprint density at radius 1 is 0.842 bits per heavy atom. The van der Waals surface area contributed by atoms with Crippen LogP contribution in [0.1, 0.15) is 20.2 Å². The predicted molar refractivity (Wildman–Crippen MR) is 86.4 cm³/mol.